The number of para-hydroxylation sites is 2. The van der Waals surface area contributed by atoms with Crippen LogP contribution in [0, 0.1) is 13.8 Å². The lowest BCUT2D eigenvalue weighted by atomic mass is 10.1. The molecule has 0 heterocycles. The van der Waals surface area contributed by atoms with Crippen molar-refractivity contribution in [1.82, 2.24) is 10.9 Å². The lowest BCUT2D eigenvalue weighted by Crippen LogP contribution is -2.39. The first-order valence-electron chi connectivity index (χ1n) is 7.51. The van der Waals surface area contributed by atoms with Crippen molar-refractivity contribution in [2.75, 3.05) is 5.32 Å². The second-order valence-corrected chi connectivity index (χ2v) is 5.73. The van der Waals surface area contributed by atoms with Gasteiger partial charge in [-0.3, -0.25) is 10.9 Å². The normalized spacial score (nSPS) is 10.3. The number of aryl methyl sites for hydroxylation is 2. The highest BCUT2D eigenvalue weighted by molar-refractivity contribution is 7.80. The van der Waals surface area contributed by atoms with Gasteiger partial charge in [-0.1, -0.05) is 36.9 Å². The quantitative estimate of drug-likeness (QED) is 0.526. The summed E-state index contributed by atoms with van der Waals surface area (Å²) < 4.78 is 29.4. The van der Waals surface area contributed by atoms with Gasteiger partial charge in [0.2, 0.25) is 0 Å². The number of rotatable bonds is 6. The molecule has 0 aromatic heterocycles. The average molecular weight is 363 g/mol. The van der Waals surface area contributed by atoms with Crippen LogP contribution in [-0.2, 0) is 0 Å². The Labute approximate surface area is 150 Å². The smallest absolute Gasteiger partial charge is 0.387 e. The molecule has 0 saturated heterocycles. The van der Waals surface area contributed by atoms with Gasteiger partial charge < -0.3 is 10.1 Å². The predicted molar refractivity (Wildman–Crippen MR) is 101 cm³/mol. The molecular formula is C18H19F2N3OS. The molecule has 0 aliphatic carbocycles. The minimum Gasteiger partial charge on any atom is -0.434 e. The third-order valence-corrected chi connectivity index (χ3v) is 3.68. The molecular weight excluding hydrogens is 344 g/mol. The van der Waals surface area contributed by atoms with Gasteiger partial charge >= 0.3 is 6.61 Å². The number of ether oxygens (including phenoxy) is 1. The fourth-order valence-electron chi connectivity index (χ4n) is 2.27. The largest absolute Gasteiger partial charge is 0.434 e. The Morgan fingerprint density at radius 2 is 1.68 bits per heavy atom. The van der Waals surface area contributed by atoms with Gasteiger partial charge in [0, 0.05) is 11.3 Å². The third-order valence-electron chi connectivity index (χ3n) is 3.47. The molecule has 7 heteroatoms. The van der Waals surface area contributed by atoms with E-state index in [0.717, 1.165) is 16.8 Å². The van der Waals surface area contributed by atoms with Crippen molar-refractivity contribution in [1.29, 1.82) is 0 Å². The monoisotopic (exact) mass is 363 g/mol. The zero-order chi connectivity index (χ0) is 18.4. The summed E-state index contributed by atoms with van der Waals surface area (Å²) in [7, 11) is 0. The zero-order valence-electron chi connectivity index (χ0n) is 13.9. The van der Waals surface area contributed by atoms with Crippen molar-refractivity contribution < 1.29 is 13.5 Å². The first kappa shape index (κ1) is 18.7. The second kappa shape index (κ2) is 8.43. The molecule has 0 saturated carbocycles. The van der Waals surface area contributed by atoms with Gasteiger partial charge in [0.25, 0.3) is 0 Å². The van der Waals surface area contributed by atoms with Crippen LogP contribution in [0.2, 0.25) is 0 Å². The van der Waals surface area contributed by atoms with E-state index in [0.29, 0.717) is 16.4 Å². The maximum Gasteiger partial charge on any atom is 0.387 e. The molecule has 0 aliphatic rings. The lowest BCUT2D eigenvalue weighted by molar-refractivity contribution is -0.0500. The number of alkyl halides is 2. The van der Waals surface area contributed by atoms with Crippen LogP contribution in [0.3, 0.4) is 0 Å². The molecule has 2 aromatic rings. The lowest BCUT2D eigenvalue weighted by Gasteiger charge is -2.18. The van der Waals surface area contributed by atoms with Crippen LogP contribution in [0.5, 0.6) is 5.75 Å². The van der Waals surface area contributed by atoms with E-state index in [1.165, 1.54) is 6.07 Å². The Balaban J connectivity index is 1.99. The van der Waals surface area contributed by atoms with Crippen LogP contribution in [0.15, 0.2) is 49.0 Å². The van der Waals surface area contributed by atoms with Gasteiger partial charge in [-0.2, -0.15) is 8.78 Å². The number of hydrazine groups is 1. The van der Waals surface area contributed by atoms with E-state index in [-0.39, 0.29) is 5.75 Å². The van der Waals surface area contributed by atoms with E-state index in [9.17, 15) is 8.78 Å². The number of halogens is 2. The topological polar surface area (TPSA) is 45.3 Å². The second-order valence-electron chi connectivity index (χ2n) is 5.32. The van der Waals surface area contributed by atoms with Gasteiger partial charge in [-0.25, -0.2) is 0 Å². The maximum absolute atomic E-state index is 12.5. The Morgan fingerprint density at radius 1 is 1.04 bits per heavy atom. The van der Waals surface area contributed by atoms with Crippen molar-refractivity contribution in [3.63, 3.8) is 0 Å². The van der Waals surface area contributed by atoms with Gasteiger partial charge in [0.05, 0.1) is 5.70 Å². The minimum absolute atomic E-state index is 0.0328. The summed E-state index contributed by atoms with van der Waals surface area (Å²) in [4.78, 5) is 0. The van der Waals surface area contributed by atoms with Crippen LogP contribution in [0.1, 0.15) is 16.7 Å². The number of hydrogen-bond donors (Lipinski definition) is 3. The van der Waals surface area contributed by atoms with E-state index < -0.39 is 6.61 Å². The summed E-state index contributed by atoms with van der Waals surface area (Å²) in [6, 6.07) is 12.3. The van der Waals surface area contributed by atoms with Gasteiger partial charge in [0.15, 0.2) is 5.11 Å². The Bertz CT molecular complexity index is 760. The SMILES string of the molecule is C=C(NNC(=S)Nc1c(C)cccc1C)c1ccccc1OC(F)F. The summed E-state index contributed by atoms with van der Waals surface area (Å²) in [5.41, 5.74) is 9.37. The van der Waals surface area contributed by atoms with E-state index in [2.05, 4.69) is 27.5 Å². The van der Waals surface area contributed by atoms with Crippen LogP contribution >= 0.6 is 12.2 Å². The predicted octanol–water partition coefficient (Wildman–Crippen LogP) is 4.37. The fourth-order valence-corrected chi connectivity index (χ4v) is 2.42. The highest BCUT2D eigenvalue weighted by Crippen LogP contribution is 2.24. The van der Waals surface area contributed by atoms with Gasteiger partial charge in [0.1, 0.15) is 5.75 Å². The van der Waals surface area contributed by atoms with Crippen molar-refractivity contribution >= 4 is 28.7 Å². The summed E-state index contributed by atoms with van der Waals surface area (Å²) in [5.74, 6) is 0.0328. The summed E-state index contributed by atoms with van der Waals surface area (Å²) in [6.07, 6.45) is 0. The van der Waals surface area contributed by atoms with Crippen LogP contribution in [0.4, 0.5) is 14.5 Å². The number of nitrogens with one attached hydrogen (secondary N) is 3. The number of thiocarbonyl (C=S) groups is 1. The minimum atomic E-state index is -2.91. The molecule has 0 atom stereocenters. The standard InChI is InChI=1S/C18H19F2N3OS/c1-11-7-6-8-12(2)16(11)21-18(25)23-22-13(3)14-9-4-5-10-15(14)24-17(19)20/h4-10,17,22H,3H2,1-2H3,(H2,21,23,25). The molecule has 2 rings (SSSR count). The molecule has 25 heavy (non-hydrogen) atoms. The fraction of sp³-hybridized carbons (Fsp3) is 0.167. The van der Waals surface area contributed by atoms with E-state index in [1.807, 2.05) is 32.0 Å². The van der Waals surface area contributed by atoms with Crippen LogP contribution in [0.25, 0.3) is 5.70 Å². The molecule has 0 fully saturated rings. The highest BCUT2D eigenvalue weighted by Gasteiger charge is 2.11. The molecule has 0 amide bonds. The van der Waals surface area contributed by atoms with Crippen molar-refractivity contribution in [2.45, 2.75) is 20.5 Å². The Kier molecular flexibility index (Phi) is 6.30. The first-order valence-corrected chi connectivity index (χ1v) is 7.91. The first-order chi connectivity index (χ1) is 11.9. The average Bonchev–Trinajstić information content (AvgIpc) is 2.56. The van der Waals surface area contributed by atoms with Gasteiger partial charge in [-0.05, 0) is 49.3 Å². The third kappa shape index (κ3) is 5.15. The molecule has 0 bridgehead atoms. The molecule has 4 nitrogen and oxygen atoms in total. The molecule has 0 spiro atoms. The molecule has 0 aliphatic heterocycles. The van der Waals surface area contributed by atoms with E-state index in [4.69, 9.17) is 12.2 Å². The molecule has 3 N–H and O–H groups in total. The number of anilines is 1. The molecule has 0 unspecified atom stereocenters. The van der Waals surface area contributed by atoms with E-state index >= 15 is 0 Å². The summed E-state index contributed by atoms with van der Waals surface area (Å²) in [5, 5.41) is 3.42. The van der Waals surface area contributed by atoms with E-state index in [1.54, 1.807) is 18.2 Å². The summed E-state index contributed by atoms with van der Waals surface area (Å²) >= 11 is 5.25. The molecule has 0 radical (unpaired) electrons. The van der Waals surface area contributed by atoms with Crippen molar-refractivity contribution in [3.05, 3.63) is 65.7 Å². The number of benzene rings is 2. The Morgan fingerprint density at radius 3 is 2.32 bits per heavy atom. The highest BCUT2D eigenvalue weighted by atomic mass is 32.1. The van der Waals surface area contributed by atoms with Gasteiger partial charge in [-0.15, -0.1) is 0 Å². The van der Waals surface area contributed by atoms with Crippen molar-refractivity contribution in [2.24, 2.45) is 0 Å². The molecule has 2 aromatic carbocycles. The summed E-state index contributed by atoms with van der Waals surface area (Å²) in [6.45, 7) is 4.86. The van der Waals surface area contributed by atoms with Crippen molar-refractivity contribution in [3.8, 4) is 5.75 Å². The zero-order valence-corrected chi connectivity index (χ0v) is 14.7. The maximum atomic E-state index is 12.5. The number of hydrogen-bond acceptors (Lipinski definition) is 3. The van der Waals surface area contributed by atoms with Crippen LogP contribution < -0.4 is 20.9 Å². The Hall–Kier alpha value is -2.67. The molecule has 132 valence electrons. The van der Waals surface area contributed by atoms with Crippen LogP contribution in [-0.4, -0.2) is 11.7 Å².